The molecule has 106 valence electrons. The van der Waals surface area contributed by atoms with E-state index in [1.54, 1.807) is 6.08 Å². The van der Waals surface area contributed by atoms with E-state index in [1.807, 2.05) is 62.4 Å². The van der Waals surface area contributed by atoms with Gasteiger partial charge >= 0.3 is 0 Å². The summed E-state index contributed by atoms with van der Waals surface area (Å²) in [6.45, 7) is 8.09. The maximum absolute atomic E-state index is 9.05. The van der Waals surface area contributed by atoms with Crippen molar-refractivity contribution >= 4 is 15.9 Å². The van der Waals surface area contributed by atoms with Crippen LogP contribution in [0.2, 0.25) is 0 Å². The molecule has 0 aliphatic heterocycles. The van der Waals surface area contributed by atoms with Crippen molar-refractivity contribution in [2.24, 2.45) is 0 Å². The molecule has 1 N–H and O–H groups in total. The van der Waals surface area contributed by atoms with E-state index < -0.39 is 0 Å². The molecule has 1 unspecified atom stereocenters. The lowest BCUT2D eigenvalue weighted by Crippen LogP contribution is -2.20. The SMILES string of the molecule is C/C=C/CNC(C#N)c1ccccc1Br.C=C/C=C\C. The summed E-state index contributed by atoms with van der Waals surface area (Å²) in [5, 5.41) is 12.2. The Bertz CT molecular complexity index is 484. The monoisotopic (exact) mass is 332 g/mol. The summed E-state index contributed by atoms with van der Waals surface area (Å²) in [5.41, 5.74) is 0.976. The summed E-state index contributed by atoms with van der Waals surface area (Å²) in [6, 6.07) is 9.73. The minimum Gasteiger partial charge on any atom is -0.295 e. The van der Waals surface area contributed by atoms with Crippen LogP contribution in [-0.2, 0) is 0 Å². The average molecular weight is 333 g/mol. The van der Waals surface area contributed by atoms with Gasteiger partial charge in [0.2, 0.25) is 0 Å². The Morgan fingerprint density at radius 3 is 2.50 bits per heavy atom. The molecule has 3 heteroatoms. The van der Waals surface area contributed by atoms with E-state index >= 15 is 0 Å². The summed E-state index contributed by atoms with van der Waals surface area (Å²) in [5.74, 6) is 0. The van der Waals surface area contributed by atoms with Crippen LogP contribution in [0.1, 0.15) is 25.5 Å². The molecule has 1 aromatic carbocycles. The molecule has 0 amide bonds. The molecule has 1 aromatic rings. The Balaban J connectivity index is 0.000000621. The highest BCUT2D eigenvalue weighted by Gasteiger charge is 2.11. The van der Waals surface area contributed by atoms with Crippen molar-refractivity contribution in [1.29, 1.82) is 5.26 Å². The minimum absolute atomic E-state index is 0.267. The van der Waals surface area contributed by atoms with Gasteiger partial charge in [-0.2, -0.15) is 5.26 Å². The van der Waals surface area contributed by atoms with Crippen molar-refractivity contribution in [3.63, 3.8) is 0 Å². The van der Waals surface area contributed by atoms with Crippen molar-refractivity contribution < 1.29 is 0 Å². The Labute approximate surface area is 130 Å². The van der Waals surface area contributed by atoms with Crippen molar-refractivity contribution in [2.45, 2.75) is 19.9 Å². The number of hydrogen-bond acceptors (Lipinski definition) is 2. The highest BCUT2D eigenvalue weighted by Crippen LogP contribution is 2.22. The van der Waals surface area contributed by atoms with E-state index in [0.717, 1.165) is 10.0 Å². The van der Waals surface area contributed by atoms with Gasteiger partial charge in [-0.1, -0.05) is 71.1 Å². The fourth-order valence-electron chi connectivity index (χ4n) is 1.37. The molecule has 0 saturated heterocycles. The third-order valence-corrected chi connectivity index (χ3v) is 3.07. The number of allylic oxidation sites excluding steroid dienone is 4. The maximum Gasteiger partial charge on any atom is 0.122 e. The molecule has 0 saturated carbocycles. The van der Waals surface area contributed by atoms with Crippen molar-refractivity contribution in [1.82, 2.24) is 5.32 Å². The number of nitrogens with zero attached hydrogens (tertiary/aromatic N) is 1. The van der Waals surface area contributed by atoms with E-state index in [4.69, 9.17) is 5.26 Å². The number of hydrogen-bond donors (Lipinski definition) is 1. The smallest absolute Gasteiger partial charge is 0.122 e. The van der Waals surface area contributed by atoms with Gasteiger partial charge in [-0.3, -0.25) is 5.32 Å². The molecule has 0 bridgehead atoms. The van der Waals surface area contributed by atoms with Gasteiger partial charge in [0.15, 0.2) is 0 Å². The zero-order chi connectivity index (χ0) is 15.2. The van der Waals surface area contributed by atoms with Crippen LogP contribution in [0.4, 0.5) is 0 Å². The molecule has 2 nitrogen and oxygen atoms in total. The lowest BCUT2D eigenvalue weighted by molar-refractivity contribution is 0.680. The van der Waals surface area contributed by atoms with Gasteiger partial charge in [0.1, 0.15) is 6.04 Å². The Hall–Kier alpha value is -1.63. The van der Waals surface area contributed by atoms with Gasteiger partial charge in [-0.05, 0) is 25.5 Å². The molecule has 0 heterocycles. The molecule has 0 aliphatic rings. The summed E-state index contributed by atoms with van der Waals surface area (Å²) in [4.78, 5) is 0. The largest absolute Gasteiger partial charge is 0.295 e. The van der Waals surface area contributed by atoms with Gasteiger partial charge in [-0.25, -0.2) is 0 Å². The van der Waals surface area contributed by atoms with Gasteiger partial charge in [-0.15, -0.1) is 0 Å². The Kier molecular flexibility index (Phi) is 11.4. The predicted octanol–water partition coefficient (Wildman–Crippen LogP) is 4.93. The predicted molar refractivity (Wildman–Crippen MR) is 90.3 cm³/mol. The number of rotatable bonds is 5. The van der Waals surface area contributed by atoms with Crippen LogP contribution in [0, 0.1) is 11.3 Å². The molecule has 0 aromatic heterocycles. The summed E-state index contributed by atoms with van der Waals surface area (Å²) in [6.07, 6.45) is 9.52. The highest BCUT2D eigenvalue weighted by atomic mass is 79.9. The molecular weight excluding hydrogens is 312 g/mol. The van der Waals surface area contributed by atoms with E-state index in [0.29, 0.717) is 6.54 Å². The first-order chi connectivity index (χ1) is 9.71. The third-order valence-electron chi connectivity index (χ3n) is 2.35. The van der Waals surface area contributed by atoms with Gasteiger partial charge in [0, 0.05) is 11.0 Å². The molecule has 0 spiro atoms. The quantitative estimate of drug-likeness (QED) is 0.613. The first-order valence-electron chi connectivity index (χ1n) is 6.43. The van der Waals surface area contributed by atoms with Gasteiger partial charge in [0.25, 0.3) is 0 Å². The minimum atomic E-state index is -0.267. The van der Waals surface area contributed by atoms with Crippen molar-refractivity contribution in [3.05, 3.63) is 71.3 Å². The summed E-state index contributed by atoms with van der Waals surface area (Å²) < 4.78 is 0.963. The lowest BCUT2D eigenvalue weighted by atomic mass is 10.1. The van der Waals surface area contributed by atoms with Crippen molar-refractivity contribution in [2.75, 3.05) is 6.54 Å². The van der Waals surface area contributed by atoms with Crippen molar-refractivity contribution in [3.8, 4) is 6.07 Å². The maximum atomic E-state index is 9.05. The van der Waals surface area contributed by atoms with Crippen LogP contribution in [0.3, 0.4) is 0 Å². The molecule has 0 aliphatic carbocycles. The molecule has 0 radical (unpaired) electrons. The molecule has 20 heavy (non-hydrogen) atoms. The second kappa shape index (κ2) is 12.4. The second-order valence-corrected chi connectivity index (χ2v) is 4.68. The molecule has 1 rings (SSSR count). The number of nitrogens with one attached hydrogen (secondary N) is 1. The standard InChI is InChI=1S/C12H13BrN2.C5H8/c1-2-3-8-15-12(9-14)10-6-4-5-7-11(10)13;1-3-5-4-2/h2-7,12,15H,8H2,1H3;3-5H,1H2,2H3/b3-2+;5-4-. The highest BCUT2D eigenvalue weighted by molar-refractivity contribution is 9.10. The van der Waals surface area contributed by atoms with Crippen LogP contribution >= 0.6 is 15.9 Å². The summed E-state index contributed by atoms with van der Waals surface area (Å²) >= 11 is 3.44. The third kappa shape index (κ3) is 7.73. The topological polar surface area (TPSA) is 35.8 Å². The first-order valence-corrected chi connectivity index (χ1v) is 7.22. The Morgan fingerprint density at radius 2 is 2.05 bits per heavy atom. The first kappa shape index (κ1) is 18.4. The zero-order valence-electron chi connectivity index (χ0n) is 12.0. The van der Waals surface area contributed by atoms with Crippen LogP contribution in [0.5, 0.6) is 0 Å². The van der Waals surface area contributed by atoms with Crippen LogP contribution in [0.15, 0.2) is 65.7 Å². The van der Waals surface area contributed by atoms with Crippen LogP contribution < -0.4 is 5.32 Å². The van der Waals surface area contributed by atoms with Crippen LogP contribution in [-0.4, -0.2) is 6.54 Å². The Morgan fingerprint density at radius 1 is 1.35 bits per heavy atom. The fourth-order valence-corrected chi connectivity index (χ4v) is 1.89. The normalized spacial score (nSPS) is 11.7. The lowest BCUT2D eigenvalue weighted by Gasteiger charge is -2.11. The van der Waals surface area contributed by atoms with E-state index in [-0.39, 0.29) is 6.04 Å². The number of nitriles is 1. The zero-order valence-corrected chi connectivity index (χ0v) is 13.6. The van der Waals surface area contributed by atoms with E-state index in [9.17, 15) is 0 Å². The van der Waals surface area contributed by atoms with Gasteiger partial charge in [0.05, 0.1) is 6.07 Å². The summed E-state index contributed by atoms with van der Waals surface area (Å²) in [7, 11) is 0. The van der Waals surface area contributed by atoms with E-state index in [2.05, 4.69) is 33.9 Å². The molecular formula is C17H21BrN2. The fraction of sp³-hybridized carbons (Fsp3) is 0.235. The van der Waals surface area contributed by atoms with Gasteiger partial charge < -0.3 is 0 Å². The molecule has 0 fully saturated rings. The average Bonchev–Trinajstić information content (AvgIpc) is 2.46. The van der Waals surface area contributed by atoms with Crippen LogP contribution in [0.25, 0.3) is 0 Å². The van der Waals surface area contributed by atoms with E-state index in [1.165, 1.54) is 0 Å². The molecule has 1 atom stereocenters. The number of halogens is 1. The number of benzene rings is 1. The second-order valence-electron chi connectivity index (χ2n) is 3.82.